The van der Waals surface area contributed by atoms with E-state index in [0.29, 0.717) is 16.5 Å². The van der Waals surface area contributed by atoms with E-state index in [1.807, 2.05) is 12.1 Å². The molecule has 1 N–H and O–H groups in total. The van der Waals surface area contributed by atoms with Crippen molar-refractivity contribution in [2.24, 2.45) is 5.92 Å². The Kier molecular flexibility index (Phi) is 6.06. The van der Waals surface area contributed by atoms with Crippen molar-refractivity contribution in [3.63, 3.8) is 0 Å². The van der Waals surface area contributed by atoms with Gasteiger partial charge in [0.05, 0.1) is 5.39 Å². The van der Waals surface area contributed by atoms with Crippen LogP contribution in [-0.4, -0.2) is 23.7 Å². The van der Waals surface area contributed by atoms with Gasteiger partial charge in [-0.15, -0.1) is 0 Å². The van der Waals surface area contributed by atoms with E-state index in [9.17, 15) is 14.4 Å². The Bertz CT molecular complexity index is 1200. The quantitative estimate of drug-likeness (QED) is 0.282. The van der Waals surface area contributed by atoms with Crippen LogP contribution < -0.4 is 15.7 Å². The van der Waals surface area contributed by atoms with Gasteiger partial charge >= 0.3 is 17.7 Å². The number of nitrogens with one attached hydrogen (secondary N) is 1. The van der Waals surface area contributed by atoms with Crippen LogP contribution in [0.1, 0.15) is 40.2 Å². The molecule has 7 heteroatoms. The minimum absolute atomic E-state index is 0.234. The second-order valence-electron chi connectivity index (χ2n) is 8.79. The zero-order valence-electron chi connectivity index (χ0n) is 18.6. The highest BCUT2D eigenvalue weighted by atomic mass is 16.6. The molecule has 0 radical (unpaired) electrons. The number of hydrogen-bond donors (Lipinski definition) is 1. The molecular formula is C24H27NO6. The number of ether oxygens (including phenoxy) is 2. The molecule has 0 aliphatic heterocycles. The first kappa shape index (κ1) is 22.3. The second kappa shape index (κ2) is 8.41. The van der Waals surface area contributed by atoms with E-state index in [0.717, 1.165) is 10.8 Å². The van der Waals surface area contributed by atoms with E-state index < -0.39 is 29.3 Å². The number of hydrogen-bond acceptors (Lipinski definition) is 6. The predicted molar refractivity (Wildman–Crippen MR) is 118 cm³/mol. The number of rotatable bonds is 4. The normalized spacial score (nSPS) is 12.7. The molecule has 1 atom stereocenters. The van der Waals surface area contributed by atoms with Gasteiger partial charge in [-0.2, -0.15) is 0 Å². The summed E-state index contributed by atoms with van der Waals surface area (Å²) < 4.78 is 16.4. The lowest BCUT2D eigenvalue weighted by Crippen LogP contribution is -2.48. The number of carbonyl (C=O) groups is 2. The summed E-state index contributed by atoms with van der Waals surface area (Å²) in [7, 11) is 0. The van der Waals surface area contributed by atoms with Crippen LogP contribution in [0.3, 0.4) is 0 Å². The Hall–Kier alpha value is -3.35. The molecule has 0 saturated carbocycles. The molecule has 3 aromatic rings. The molecule has 1 amide bonds. The largest absolute Gasteiger partial charge is 0.444 e. The third-order valence-electron chi connectivity index (χ3n) is 4.79. The third-order valence-corrected chi connectivity index (χ3v) is 4.79. The molecule has 1 aromatic heterocycles. The molecule has 0 saturated heterocycles. The summed E-state index contributed by atoms with van der Waals surface area (Å²) >= 11 is 0. The highest BCUT2D eigenvalue weighted by molar-refractivity contribution is 6.05. The van der Waals surface area contributed by atoms with E-state index in [-0.39, 0.29) is 11.7 Å². The van der Waals surface area contributed by atoms with Gasteiger partial charge in [-0.05, 0) is 57.2 Å². The number of fused-ring (bicyclic) bond motifs is 3. The van der Waals surface area contributed by atoms with Crippen LogP contribution in [0.4, 0.5) is 4.79 Å². The fourth-order valence-electron chi connectivity index (χ4n) is 3.28. The third kappa shape index (κ3) is 4.87. The topological polar surface area (TPSA) is 94.8 Å². The number of aryl methyl sites for hydroxylation is 1. The van der Waals surface area contributed by atoms with E-state index in [2.05, 4.69) is 5.32 Å². The molecule has 0 unspecified atom stereocenters. The maximum Gasteiger partial charge on any atom is 0.408 e. The lowest BCUT2D eigenvalue weighted by atomic mass is 10.0. The van der Waals surface area contributed by atoms with Gasteiger partial charge in [-0.1, -0.05) is 32.0 Å². The summed E-state index contributed by atoms with van der Waals surface area (Å²) in [6, 6.07) is 9.68. The zero-order chi connectivity index (χ0) is 22.9. The first-order valence-corrected chi connectivity index (χ1v) is 10.1. The molecule has 0 fully saturated rings. The summed E-state index contributed by atoms with van der Waals surface area (Å²) in [5.41, 5.74) is -0.268. The lowest BCUT2D eigenvalue weighted by molar-refractivity contribution is -0.138. The van der Waals surface area contributed by atoms with Crippen molar-refractivity contribution in [3.8, 4) is 5.75 Å². The highest BCUT2D eigenvalue weighted by Gasteiger charge is 2.29. The molecule has 0 aliphatic carbocycles. The lowest BCUT2D eigenvalue weighted by Gasteiger charge is -2.24. The summed E-state index contributed by atoms with van der Waals surface area (Å²) in [6.07, 6.45) is -0.698. The molecule has 2 aromatic carbocycles. The van der Waals surface area contributed by atoms with Gasteiger partial charge < -0.3 is 19.2 Å². The predicted octanol–water partition coefficient (Wildman–Crippen LogP) is 4.71. The van der Waals surface area contributed by atoms with Gasteiger partial charge in [0.2, 0.25) is 0 Å². The monoisotopic (exact) mass is 425 g/mol. The van der Waals surface area contributed by atoms with Gasteiger partial charge in [0.25, 0.3) is 0 Å². The molecular weight excluding hydrogens is 398 g/mol. The minimum atomic E-state index is -0.909. The number of carbonyl (C=O) groups excluding carboxylic acids is 2. The fourth-order valence-corrected chi connectivity index (χ4v) is 3.28. The van der Waals surface area contributed by atoms with Crippen molar-refractivity contribution in [1.29, 1.82) is 0 Å². The van der Waals surface area contributed by atoms with Gasteiger partial charge in [-0.3, -0.25) is 0 Å². The van der Waals surface area contributed by atoms with Crippen molar-refractivity contribution >= 4 is 33.8 Å². The fraction of sp³-hybridized carbons (Fsp3) is 0.375. The summed E-state index contributed by atoms with van der Waals surface area (Å²) in [4.78, 5) is 37.4. The average molecular weight is 425 g/mol. The van der Waals surface area contributed by atoms with Crippen LogP contribution >= 0.6 is 0 Å². The van der Waals surface area contributed by atoms with E-state index in [4.69, 9.17) is 13.9 Å². The van der Waals surface area contributed by atoms with Crippen LogP contribution in [0.25, 0.3) is 21.7 Å². The van der Waals surface area contributed by atoms with Gasteiger partial charge in [-0.25, -0.2) is 14.4 Å². The van der Waals surface area contributed by atoms with Crippen molar-refractivity contribution < 1.29 is 23.5 Å². The number of esters is 1. The molecule has 0 spiro atoms. The molecule has 3 rings (SSSR count). The Labute approximate surface area is 180 Å². The SMILES string of the molecule is Cc1c(OC(=O)[C@H](NC(=O)OC(C)(C)C)C(C)C)ccc2c1oc(=O)c1ccccc12. The minimum Gasteiger partial charge on any atom is -0.444 e. The number of benzene rings is 2. The molecule has 0 bridgehead atoms. The van der Waals surface area contributed by atoms with Crippen molar-refractivity contribution in [2.45, 2.75) is 53.2 Å². The molecule has 31 heavy (non-hydrogen) atoms. The average Bonchev–Trinajstić information content (AvgIpc) is 2.67. The molecule has 1 heterocycles. The molecule has 0 aliphatic rings. The summed E-state index contributed by atoms with van der Waals surface area (Å²) in [6.45, 7) is 10.5. The van der Waals surface area contributed by atoms with Gasteiger partial charge in [0.15, 0.2) is 0 Å². The second-order valence-corrected chi connectivity index (χ2v) is 8.79. The van der Waals surface area contributed by atoms with Crippen LogP contribution in [0.15, 0.2) is 45.6 Å². The smallest absolute Gasteiger partial charge is 0.408 e. The molecule has 7 nitrogen and oxygen atoms in total. The zero-order valence-corrected chi connectivity index (χ0v) is 18.6. The van der Waals surface area contributed by atoms with Crippen LogP contribution in [0, 0.1) is 12.8 Å². The van der Waals surface area contributed by atoms with Crippen LogP contribution in [-0.2, 0) is 9.53 Å². The maximum atomic E-state index is 12.8. The van der Waals surface area contributed by atoms with E-state index in [1.54, 1.807) is 65.8 Å². The van der Waals surface area contributed by atoms with Gasteiger partial charge in [0.1, 0.15) is 23.0 Å². The van der Waals surface area contributed by atoms with E-state index in [1.165, 1.54) is 0 Å². The Morgan fingerprint density at radius 1 is 1.00 bits per heavy atom. The Balaban J connectivity index is 1.92. The Morgan fingerprint density at radius 3 is 2.26 bits per heavy atom. The summed E-state index contributed by atoms with van der Waals surface area (Å²) in [5, 5.41) is 4.58. The van der Waals surface area contributed by atoms with Gasteiger partial charge in [0, 0.05) is 10.9 Å². The highest BCUT2D eigenvalue weighted by Crippen LogP contribution is 2.31. The van der Waals surface area contributed by atoms with Crippen molar-refractivity contribution in [1.82, 2.24) is 5.32 Å². The maximum absolute atomic E-state index is 12.8. The van der Waals surface area contributed by atoms with Crippen LogP contribution in [0.2, 0.25) is 0 Å². The van der Waals surface area contributed by atoms with Crippen molar-refractivity contribution in [2.75, 3.05) is 0 Å². The molecule has 164 valence electrons. The number of alkyl carbamates (subject to hydrolysis) is 1. The first-order chi connectivity index (χ1) is 14.5. The standard InChI is InChI=1S/C24H27NO6/c1-13(2)19(25-23(28)31-24(4,5)6)22(27)29-18-12-11-16-15-9-7-8-10-17(15)21(26)30-20(16)14(18)3/h7-13,19H,1-6H3,(H,25,28)/t19-/m1/s1. The first-order valence-electron chi connectivity index (χ1n) is 10.1. The Morgan fingerprint density at radius 2 is 1.65 bits per heavy atom. The summed E-state index contributed by atoms with van der Waals surface area (Å²) in [5.74, 6) is -0.610. The van der Waals surface area contributed by atoms with Crippen molar-refractivity contribution in [3.05, 3.63) is 52.4 Å². The van der Waals surface area contributed by atoms with Crippen LogP contribution in [0.5, 0.6) is 5.75 Å². The van der Waals surface area contributed by atoms with E-state index >= 15 is 0 Å². The number of amides is 1.